The van der Waals surface area contributed by atoms with Crippen LogP contribution in [0.25, 0.3) is 0 Å². The van der Waals surface area contributed by atoms with Crippen molar-refractivity contribution in [2.75, 3.05) is 0 Å². The number of hydrogen-bond donors (Lipinski definition) is 3. The van der Waals surface area contributed by atoms with Crippen LogP contribution in [0.5, 0.6) is 17.2 Å². The molecule has 0 bridgehead atoms. The van der Waals surface area contributed by atoms with E-state index in [1.165, 1.54) is 30.3 Å². The number of phenolic OH excluding ortho intramolecular Hbond substituents is 2. The van der Waals surface area contributed by atoms with Crippen LogP contribution in [-0.2, 0) is 0 Å². The Morgan fingerprint density at radius 2 is 1.76 bits per heavy atom. The lowest BCUT2D eigenvalue weighted by molar-refractivity contribution is 0.0210. The molecule has 108 valence electrons. The minimum atomic E-state index is -1.53. The van der Waals surface area contributed by atoms with Crippen molar-refractivity contribution in [1.82, 2.24) is 0 Å². The summed E-state index contributed by atoms with van der Waals surface area (Å²) >= 11 is 0. The molecule has 3 N–H and O–H groups in total. The summed E-state index contributed by atoms with van der Waals surface area (Å²) in [5.41, 5.74) is 0.226. The average Bonchev–Trinajstić information content (AvgIpc) is 2.43. The predicted octanol–water partition coefficient (Wildman–Crippen LogP) is 1.91. The van der Waals surface area contributed by atoms with E-state index in [0.717, 1.165) is 6.07 Å². The molecule has 0 amide bonds. The number of rotatable bonds is 1. The van der Waals surface area contributed by atoms with Gasteiger partial charge in [-0.15, -0.1) is 0 Å². The highest BCUT2D eigenvalue weighted by atomic mass is 19.1. The summed E-state index contributed by atoms with van der Waals surface area (Å²) in [6.45, 7) is 0. The lowest BCUT2D eigenvalue weighted by Crippen LogP contribution is -2.36. The van der Waals surface area contributed by atoms with Gasteiger partial charge in [0.05, 0.1) is 0 Å². The first-order valence-electron chi connectivity index (χ1n) is 6.18. The zero-order valence-corrected chi connectivity index (χ0v) is 10.7. The third-order valence-electron chi connectivity index (χ3n) is 3.32. The molecule has 0 saturated heterocycles. The normalized spacial score (nSPS) is 20.8. The topological polar surface area (TPSA) is 87.0 Å². The molecular weight excluding hydrogens is 279 g/mol. The molecule has 3 rings (SSSR count). The number of halogens is 1. The summed E-state index contributed by atoms with van der Waals surface area (Å²) < 4.78 is 18.4. The number of Topliss-reactive ketones (excluding diaryl/α,β-unsaturated/α-hetero) is 1. The second kappa shape index (κ2) is 4.75. The fourth-order valence-electron chi connectivity index (χ4n) is 2.32. The van der Waals surface area contributed by atoms with Gasteiger partial charge in [-0.25, -0.2) is 4.39 Å². The zero-order chi connectivity index (χ0) is 15.1. The quantitative estimate of drug-likeness (QED) is 0.747. The summed E-state index contributed by atoms with van der Waals surface area (Å²) in [7, 11) is 0. The Hall–Kier alpha value is -2.60. The third-order valence-corrected chi connectivity index (χ3v) is 3.32. The molecule has 1 heterocycles. The van der Waals surface area contributed by atoms with Crippen LogP contribution in [0.4, 0.5) is 4.39 Å². The minimum absolute atomic E-state index is 0.0304. The molecular formula is C15H11FO5. The van der Waals surface area contributed by atoms with Crippen LogP contribution in [-0.4, -0.2) is 27.2 Å². The van der Waals surface area contributed by atoms with Crippen molar-refractivity contribution in [3.05, 3.63) is 53.3 Å². The first-order chi connectivity index (χ1) is 9.97. The molecule has 2 aromatic carbocycles. The number of carbonyl (C=O) groups excluding carboxylic acids is 1. The van der Waals surface area contributed by atoms with E-state index in [1.807, 2.05) is 0 Å². The van der Waals surface area contributed by atoms with E-state index in [2.05, 4.69) is 0 Å². The van der Waals surface area contributed by atoms with Gasteiger partial charge in [-0.05, 0) is 17.7 Å². The van der Waals surface area contributed by atoms with Crippen molar-refractivity contribution in [2.45, 2.75) is 12.2 Å². The first kappa shape index (κ1) is 13.4. The Balaban J connectivity index is 2.07. The molecule has 0 radical (unpaired) electrons. The van der Waals surface area contributed by atoms with Gasteiger partial charge in [-0.2, -0.15) is 0 Å². The standard InChI is InChI=1S/C15H11FO5/c16-8-3-1-7(2-4-8)15-14(20)13(19)12-10(18)5-9(17)6-11(12)21-15/h1-6,14-15,17-18,20H/t14-,15-/m0/s1. The predicted molar refractivity (Wildman–Crippen MR) is 69.9 cm³/mol. The number of fused-ring (bicyclic) bond motifs is 1. The zero-order valence-electron chi connectivity index (χ0n) is 10.7. The fourth-order valence-corrected chi connectivity index (χ4v) is 2.32. The van der Waals surface area contributed by atoms with E-state index in [0.29, 0.717) is 5.56 Å². The van der Waals surface area contributed by atoms with Crippen LogP contribution in [0.1, 0.15) is 22.0 Å². The fraction of sp³-hybridized carbons (Fsp3) is 0.133. The molecule has 0 saturated carbocycles. The summed E-state index contributed by atoms with van der Waals surface area (Å²) in [6.07, 6.45) is -2.56. The van der Waals surface area contributed by atoms with E-state index in [4.69, 9.17) is 4.74 Å². The third kappa shape index (κ3) is 2.19. The molecule has 0 aromatic heterocycles. The van der Waals surface area contributed by atoms with Crippen molar-refractivity contribution >= 4 is 5.78 Å². The number of carbonyl (C=O) groups is 1. The second-order valence-electron chi connectivity index (χ2n) is 4.74. The molecule has 21 heavy (non-hydrogen) atoms. The van der Waals surface area contributed by atoms with Gasteiger partial charge in [0.1, 0.15) is 28.6 Å². The lowest BCUT2D eigenvalue weighted by Gasteiger charge is -2.30. The maximum atomic E-state index is 12.9. The van der Waals surface area contributed by atoms with Gasteiger partial charge < -0.3 is 20.1 Å². The summed E-state index contributed by atoms with van der Waals surface area (Å²) in [4.78, 5) is 12.2. The molecule has 6 heteroatoms. The van der Waals surface area contributed by atoms with Crippen LogP contribution < -0.4 is 4.74 Å². The van der Waals surface area contributed by atoms with Crippen molar-refractivity contribution in [1.29, 1.82) is 0 Å². The van der Waals surface area contributed by atoms with E-state index < -0.39 is 29.6 Å². The van der Waals surface area contributed by atoms with E-state index in [1.54, 1.807) is 0 Å². The Bertz CT molecular complexity index is 711. The SMILES string of the molecule is O=C1c2c(O)cc(O)cc2O[C@@H](c2ccc(F)cc2)[C@H]1O. The monoisotopic (exact) mass is 290 g/mol. The molecule has 5 nitrogen and oxygen atoms in total. The van der Waals surface area contributed by atoms with Crippen molar-refractivity contribution < 1.29 is 29.2 Å². The highest BCUT2D eigenvalue weighted by Gasteiger charge is 2.39. The van der Waals surface area contributed by atoms with E-state index in [9.17, 15) is 24.5 Å². The number of aliphatic hydroxyl groups is 1. The second-order valence-corrected chi connectivity index (χ2v) is 4.74. The van der Waals surface area contributed by atoms with Crippen LogP contribution in [0.15, 0.2) is 36.4 Å². The average molecular weight is 290 g/mol. The number of phenols is 2. The molecule has 0 spiro atoms. The largest absolute Gasteiger partial charge is 0.508 e. The van der Waals surface area contributed by atoms with E-state index in [-0.39, 0.29) is 17.1 Å². The van der Waals surface area contributed by atoms with Gasteiger partial charge in [0, 0.05) is 12.1 Å². The molecule has 0 aliphatic carbocycles. The van der Waals surface area contributed by atoms with Gasteiger partial charge in [0.25, 0.3) is 0 Å². The maximum absolute atomic E-state index is 12.9. The van der Waals surface area contributed by atoms with E-state index >= 15 is 0 Å². The minimum Gasteiger partial charge on any atom is -0.508 e. The van der Waals surface area contributed by atoms with Crippen molar-refractivity contribution in [3.8, 4) is 17.2 Å². The Kier molecular flexibility index (Phi) is 3.03. The van der Waals surface area contributed by atoms with Crippen molar-refractivity contribution in [2.24, 2.45) is 0 Å². The highest BCUT2D eigenvalue weighted by molar-refractivity contribution is 6.05. The Morgan fingerprint density at radius 1 is 1.10 bits per heavy atom. The van der Waals surface area contributed by atoms with Gasteiger partial charge in [0.2, 0.25) is 5.78 Å². The summed E-state index contributed by atoms with van der Waals surface area (Å²) in [5.74, 6) is -1.94. The number of benzene rings is 2. The highest BCUT2D eigenvalue weighted by Crippen LogP contribution is 2.41. The smallest absolute Gasteiger partial charge is 0.202 e. The van der Waals surface area contributed by atoms with Crippen LogP contribution in [0.3, 0.4) is 0 Å². The summed E-state index contributed by atoms with van der Waals surface area (Å²) in [6, 6.07) is 7.32. The first-order valence-corrected chi connectivity index (χ1v) is 6.18. The van der Waals surface area contributed by atoms with Crippen molar-refractivity contribution in [3.63, 3.8) is 0 Å². The van der Waals surface area contributed by atoms with Crippen LogP contribution >= 0.6 is 0 Å². The van der Waals surface area contributed by atoms with Gasteiger partial charge in [-0.3, -0.25) is 4.79 Å². The van der Waals surface area contributed by atoms with Gasteiger partial charge in [0.15, 0.2) is 12.2 Å². The number of aliphatic hydroxyl groups excluding tert-OH is 1. The molecule has 2 atom stereocenters. The molecule has 0 fully saturated rings. The number of ether oxygens (including phenoxy) is 1. The molecule has 1 aliphatic heterocycles. The van der Waals surface area contributed by atoms with Crippen LogP contribution in [0.2, 0.25) is 0 Å². The van der Waals surface area contributed by atoms with Gasteiger partial charge >= 0.3 is 0 Å². The Labute approximate surface area is 118 Å². The molecule has 1 aliphatic rings. The molecule has 0 unspecified atom stereocenters. The summed E-state index contributed by atoms with van der Waals surface area (Å²) in [5, 5.41) is 29.2. The Morgan fingerprint density at radius 3 is 2.43 bits per heavy atom. The number of aromatic hydroxyl groups is 2. The van der Waals surface area contributed by atoms with Gasteiger partial charge in [-0.1, -0.05) is 12.1 Å². The number of hydrogen-bond acceptors (Lipinski definition) is 5. The van der Waals surface area contributed by atoms with Crippen LogP contribution in [0, 0.1) is 5.82 Å². The lowest BCUT2D eigenvalue weighted by atomic mass is 9.93. The molecule has 2 aromatic rings. The number of ketones is 1. The maximum Gasteiger partial charge on any atom is 0.202 e.